The third kappa shape index (κ3) is 17.8. The number of hydrogen-bond donors (Lipinski definition) is 0. The van der Waals surface area contributed by atoms with E-state index in [1.165, 1.54) is 165 Å². The van der Waals surface area contributed by atoms with E-state index in [9.17, 15) is 0 Å². The Bertz CT molecular complexity index is 815. The number of rotatable bonds is 29. The molecule has 41 heavy (non-hydrogen) atoms. The van der Waals surface area contributed by atoms with Crippen molar-refractivity contribution < 1.29 is 9.30 Å². The van der Waals surface area contributed by atoms with Crippen molar-refractivity contribution in [3.8, 4) is 11.4 Å². The first-order valence-corrected chi connectivity index (χ1v) is 18.1. The predicted octanol–water partition coefficient (Wildman–Crippen LogP) is 11.8. The number of ether oxygens (including phenoxy) is 1. The Morgan fingerprint density at radius 3 is 1.46 bits per heavy atom. The highest BCUT2D eigenvalue weighted by Gasteiger charge is 2.19. The Kier molecular flexibility index (Phi) is 22.6. The van der Waals surface area contributed by atoms with Gasteiger partial charge in [-0.1, -0.05) is 167 Å². The van der Waals surface area contributed by atoms with Gasteiger partial charge in [0.2, 0.25) is 0 Å². The van der Waals surface area contributed by atoms with E-state index in [0.717, 1.165) is 13.2 Å². The van der Waals surface area contributed by atoms with Crippen LogP contribution in [0.15, 0.2) is 42.7 Å². The average molecular weight is 568 g/mol. The predicted molar refractivity (Wildman–Crippen MR) is 178 cm³/mol. The first-order chi connectivity index (χ1) is 20.4. The highest BCUT2D eigenvalue weighted by molar-refractivity contribution is 5.52. The Morgan fingerprint density at radius 2 is 0.976 bits per heavy atom. The van der Waals surface area contributed by atoms with Crippen molar-refractivity contribution in [3.05, 3.63) is 42.7 Å². The summed E-state index contributed by atoms with van der Waals surface area (Å²) in [5.41, 5.74) is 1.28. The molecule has 3 heteroatoms. The number of aromatic nitrogens is 2. The SMILES string of the molecule is CCCCCCCCCCCCCCCCOC[n+]1ccn(CCCCCCCCCCCC)c1-c1ccccc1. The fourth-order valence-corrected chi connectivity index (χ4v) is 6.00. The molecule has 0 atom stereocenters. The summed E-state index contributed by atoms with van der Waals surface area (Å²) in [6.07, 6.45) is 37.8. The van der Waals surface area contributed by atoms with Crippen LogP contribution in [-0.2, 0) is 18.0 Å². The van der Waals surface area contributed by atoms with Gasteiger partial charge in [-0.2, -0.15) is 0 Å². The van der Waals surface area contributed by atoms with Crippen molar-refractivity contribution in [1.82, 2.24) is 4.57 Å². The van der Waals surface area contributed by atoms with Crippen LogP contribution in [0.5, 0.6) is 0 Å². The van der Waals surface area contributed by atoms with Crippen molar-refractivity contribution >= 4 is 0 Å². The Labute approximate surface area is 255 Å². The maximum atomic E-state index is 6.16. The van der Waals surface area contributed by atoms with Gasteiger partial charge < -0.3 is 4.74 Å². The minimum atomic E-state index is 0.647. The van der Waals surface area contributed by atoms with Crippen molar-refractivity contribution in [1.29, 1.82) is 0 Å². The van der Waals surface area contributed by atoms with Gasteiger partial charge >= 0.3 is 0 Å². The largest absolute Gasteiger partial charge is 0.342 e. The summed E-state index contributed by atoms with van der Waals surface area (Å²) in [6, 6.07) is 10.9. The Morgan fingerprint density at radius 1 is 0.537 bits per heavy atom. The van der Waals surface area contributed by atoms with Crippen LogP contribution < -0.4 is 4.57 Å². The zero-order chi connectivity index (χ0) is 29.1. The smallest absolute Gasteiger partial charge is 0.290 e. The molecule has 1 aromatic heterocycles. The van der Waals surface area contributed by atoms with Crippen LogP contribution in [0, 0.1) is 0 Å². The van der Waals surface area contributed by atoms with E-state index in [4.69, 9.17) is 4.74 Å². The Hall–Kier alpha value is -1.61. The molecule has 0 aliphatic heterocycles. The van der Waals surface area contributed by atoms with Gasteiger partial charge in [-0.05, 0) is 31.4 Å². The molecule has 0 radical (unpaired) electrons. The standard InChI is InChI=1S/C38H67N2O/c1-3-5-7-9-11-13-15-16-17-18-20-22-24-29-35-41-36-40-34-33-39(38(40)37-30-26-25-27-31-37)32-28-23-21-19-14-12-10-8-6-4-2/h25-27,30-31,33-34H,3-24,28-29,32,35-36H2,1-2H3/q+1. The summed E-state index contributed by atoms with van der Waals surface area (Å²) < 4.78 is 10.9. The molecule has 0 spiro atoms. The molecule has 1 heterocycles. The molecule has 1 aromatic carbocycles. The molecular weight excluding hydrogens is 500 g/mol. The van der Waals surface area contributed by atoms with Gasteiger partial charge in [0.15, 0.2) is 6.73 Å². The lowest BCUT2D eigenvalue weighted by atomic mass is 10.0. The van der Waals surface area contributed by atoms with Crippen molar-refractivity contribution in [3.63, 3.8) is 0 Å². The summed E-state index contributed by atoms with van der Waals surface area (Å²) in [5, 5.41) is 0. The number of imidazole rings is 1. The molecule has 0 saturated carbocycles. The van der Waals surface area contributed by atoms with E-state index in [1.54, 1.807) is 0 Å². The molecule has 0 unspecified atom stereocenters. The summed E-state index contributed by atoms with van der Waals surface area (Å²) in [7, 11) is 0. The van der Waals surface area contributed by atoms with Gasteiger partial charge in [-0.25, -0.2) is 9.13 Å². The lowest BCUT2D eigenvalue weighted by molar-refractivity contribution is -0.722. The second kappa shape index (κ2) is 26.1. The topological polar surface area (TPSA) is 18.0 Å². The Balaban J connectivity index is 1.56. The van der Waals surface area contributed by atoms with Crippen LogP contribution in [0.3, 0.4) is 0 Å². The van der Waals surface area contributed by atoms with Crippen LogP contribution in [0.1, 0.15) is 168 Å². The van der Waals surface area contributed by atoms with Crippen LogP contribution in [0.2, 0.25) is 0 Å². The molecule has 0 bridgehead atoms. The summed E-state index contributed by atoms with van der Waals surface area (Å²) in [4.78, 5) is 0. The highest BCUT2D eigenvalue weighted by Crippen LogP contribution is 2.18. The fourth-order valence-electron chi connectivity index (χ4n) is 6.00. The molecule has 0 aliphatic carbocycles. The highest BCUT2D eigenvalue weighted by atomic mass is 16.5. The van der Waals surface area contributed by atoms with Crippen molar-refractivity contribution in [2.45, 2.75) is 181 Å². The van der Waals surface area contributed by atoms with Crippen molar-refractivity contribution in [2.75, 3.05) is 6.61 Å². The number of nitrogens with zero attached hydrogens (tertiary/aromatic N) is 2. The quantitative estimate of drug-likeness (QED) is 0.0706. The molecule has 0 amide bonds. The molecule has 0 saturated heterocycles. The van der Waals surface area contributed by atoms with Gasteiger partial charge in [-0.3, -0.25) is 0 Å². The zero-order valence-corrected chi connectivity index (χ0v) is 27.4. The van der Waals surface area contributed by atoms with E-state index >= 15 is 0 Å². The molecule has 234 valence electrons. The summed E-state index contributed by atoms with van der Waals surface area (Å²) >= 11 is 0. The van der Waals surface area contributed by atoms with Crippen LogP contribution >= 0.6 is 0 Å². The fraction of sp³-hybridized carbons (Fsp3) is 0.763. The minimum Gasteiger partial charge on any atom is -0.342 e. The number of benzene rings is 1. The average Bonchev–Trinajstić information content (AvgIpc) is 3.40. The minimum absolute atomic E-state index is 0.647. The second-order valence-corrected chi connectivity index (χ2v) is 12.5. The lowest BCUT2D eigenvalue weighted by Crippen LogP contribution is -2.36. The normalized spacial score (nSPS) is 11.5. The third-order valence-corrected chi connectivity index (χ3v) is 8.63. The summed E-state index contributed by atoms with van der Waals surface area (Å²) in [5.74, 6) is 1.28. The number of unbranched alkanes of at least 4 members (excludes halogenated alkanes) is 22. The molecule has 2 rings (SSSR count). The van der Waals surface area contributed by atoms with Crippen LogP contribution in [0.25, 0.3) is 11.4 Å². The van der Waals surface area contributed by atoms with Gasteiger partial charge in [0.05, 0.1) is 18.7 Å². The maximum absolute atomic E-state index is 6.16. The molecule has 0 N–H and O–H groups in total. The van der Waals surface area contributed by atoms with E-state index in [2.05, 4.69) is 65.7 Å². The maximum Gasteiger partial charge on any atom is 0.290 e. The number of aryl methyl sites for hydroxylation is 1. The van der Waals surface area contributed by atoms with Crippen LogP contribution in [-0.4, -0.2) is 11.2 Å². The van der Waals surface area contributed by atoms with Gasteiger partial charge in [0.1, 0.15) is 12.4 Å². The second-order valence-electron chi connectivity index (χ2n) is 12.5. The molecule has 0 aliphatic rings. The van der Waals surface area contributed by atoms with E-state index in [0.29, 0.717) is 6.73 Å². The van der Waals surface area contributed by atoms with Crippen molar-refractivity contribution in [2.24, 2.45) is 0 Å². The van der Waals surface area contributed by atoms with Gasteiger partial charge in [0, 0.05) is 0 Å². The molecule has 0 fully saturated rings. The molecule has 3 nitrogen and oxygen atoms in total. The summed E-state index contributed by atoms with van der Waals surface area (Å²) in [6.45, 7) is 7.19. The first-order valence-electron chi connectivity index (χ1n) is 18.1. The number of hydrogen-bond acceptors (Lipinski definition) is 1. The van der Waals surface area contributed by atoms with E-state index < -0.39 is 0 Å². The zero-order valence-electron chi connectivity index (χ0n) is 27.4. The van der Waals surface area contributed by atoms with Gasteiger partial charge in [-0.15, -0.1) is 0 Å². The van der Waals surface area contributed by atoms with Gasteiger partial charge in [0.25, 0.3) is 5.82 Å². The third-order valence-electron chi connectivity index (χ3n) is 8.63. The molecular formula is C38H67N2O+. The first kappa shape index (κ1) is 35.6. The lowest BCUT2D eigenvalue weighted by Gasteiger charge is -2.07. The monoisotopic (exact) mass is 568 g/mol. The van der Waals surface area contributed by atoms with E-state index in [-0.39, 0.29) is 0 Å². The van der Waals surface area contributed by atoms with Crippen LogP contribution in [0.4, 0.5) is 0 Å². The van der Waals surface area contributed by atoms with E-state index in [1.807, 2.05) is 0 Å². The molecule has 2 aromatic rings.